The summed E-state index contributed by atoms with van der Waals surface area (Å²) in [5.74, 6) is 0.674. The molecule has 0 fully saturated rings. The number of benzene rings is 2. The van der Waals surface area contributed by atoms with E-state index in [4.69, 9.17) is 16.3 Å². The average Bonchev–Trinajstić information content (AvgIpc) is 2.29. The molecular weight excluding hydrogens is 215 g/mol. The minimum absolute atomic E-state index is 0.0750. The molecule has 0 radical (unpaired) electrons. The van der Waals surface area contributed by atoms with Gasteiger partial charge in [-0.25, -0.2) is 4.39 Å². The number of ether oxygens (including phenoxy) is 1. The van der Waals surface area contributed by atoms with Gasteiger partial charge in [0.2, 0.25) is 0 Å². The normalized spacial score (nSPS) is 10.5. The van der Waals surface area contributed by atoms with Gasteiger partial charge < -0.3 is 4.74 Å². The Morgan fingerprint density at radius 1 is 1.07 bits per heavy atom. The van der Waals surface area contributed by atoms with Crippen LogP contribution in [-0.4, -0.2) is 13.3 Å². The van der Waals surface area contributed by atoms with E-state index in [1.165, 1.54) is 0 Å². The highest BCUT2D eigenvalue weighted by atomic mass is 35.5. The molecule has 15 heavy (non-hydrogen) atoms. The zero-order valence-corrected chi connectivity index (χ0v) is 8.80. The fourth-order valence-corrected chi connectivity index (χ4v) is 1.74. The lowest BCUT2D eigenvalue weighted by molar-refractivity contribution is 0.276. The maximum absolute atomic E-state index is 12.0. The van der Waals surface area contributed by atoms with Gasteiger partial charge in [-0.15, -0.1) is 0 Å². The largest absolute Gasteiger partial charge is 0.490 e. The molecule has 0 saturated heterocycles. The molecule has 2 aromatic rings. The van der Waals surface area contributed by atoms with Gasteiger partial charge in [0.05, 0.1) is 0 Å². The number of hydrogen-bond donors (Lipinski definition) is 0. The van der Waals surface area contributed by atoms with E-state index >= 15 is 0 Å². The molecule has 0 unspecified atom stereocenters. The fraction of sp³-hybridized carbons (Fsp3) is 0.167. The van der Waals surface area contributed by atoms with Crippen LogP contribution in [0.4, 0.5) is 4.39 Å². The summed E-state index contributed by atoms with van der Waals surface area (Å²) in [5.41, 5.74) is 0. The van der Waals surface area contributed by atoms with Crippen LogP contribution in [0.15, 0.2) is 36.4 Å². The number of fused-ring (bicyclic) bond motifs is 1. The SMILES string of the molecule is FCCOc1ccc(Cl)c2ccccc12. The van der Waals surface area contributed by atoms with Gasteiger partial charge in [-0.05, 0) is 12.1 Å². The van der Waals surface area contributed by atoms with Crippen LogP contribution in [0.1, 0.15) is 0 Å². The minimum atomic E-state index is -0.489. The monoisotopic (exact) mass is 224 g/mol. The van der Waals surface area contributed by atoms with Crippen molar-refractivity contribution in [1.82, 2.24) is 0 Å². The Bertz CT molecular complexity index is 470. The molecule has 0 N–H and O–H groups in total. The van der Waals surface area contributed by atoms with Crippen LogP contribution in [0.5, 0.6) is 5.75 Å². The van der Waals surface area contributed by atoms with E-state index in [9.17, 15) is 4.39 Å². The summed E-state index contributed by atoms with van der Waals surface area (Å²) in [6.07, 6.45) is 0. The van der Waals surface area contributed by atoms with E-state index in [0.29, 0.717) is 10.8 Å². The first-order valence-electron chi connectivity index (χ1n) is 4.69. The molecule has 0 bridgehead atoms. The zero-order chi connectivity index (χ0) is 10.7. The van der Waals surface area contributed by atoms with Gasteiger partial charge in [0.1, 0.15) is 19.0 Å². The van der Waals surface area contributed by atoms with Gasteiger partial charge >= 0.3 is 0 Å². The smallest absolute Gasteiger partial charge is 0.127 e. The van der Waals surface area contributed by atoms with Crippen LogP contribution < -0.4 is 4.74 Å². The molecule has 0 aliphatic carbocycles. The molecule has 0 aliphatic heterocycles. The average molecular weight is 225 g/mol. The van der Waals surface area contributed by atoms with Crippen LogP contribution in [0.2, 0.25) is 5.02 Å². The Hall–Kier alpha value is -1.28. The Balaban J connectivity index is 2.51. The quantitative estimate of drug-likeness (QED) is 0.770. The predicted molar refractivity (Wildman–Crippen MR) is 60.4 cm³/mol. The second kappa shape index (κ2) is 4.49. The zero-order valence-electron chi connectivity index (χ0n) is 8.04. The van der Waals surface area contributed by atoms with E-state index in [1.807, 2.05) is 24.3 Å². The maximum atomic E-state index is 12.0. The third kappa shape index (κ3) is 2.05. The molecule has 3 heteroatoms. The van der Waals surface area contributed by atoms with Crippen LogP contribution in [0, 0.1) is 0 Å². The number of alkyl halides is 1. The summed E-state index contributed by atoms with van der Waals surface area (Å²) in [6.45, 7) is -0.414. The van der Waals surface area contributed by atoms with Crippen LogP contribution in [0.25, 0.3) is 10.8 Å². The van der Waals surface area contributed by atoms with Crippen molar-refractivity contribution in [2.45, 2.75) is 0 Å². The molecule has 0 aliphatic rings. The molecule has 0 heterocycles. The molecule has 0 spiro atoms. The van der Waals surface area contributed by atoms with E-state index < -0.39 is 6.67 Å². The Kier molecular flexibility index (Phi) is 3.07. The second-order valence-corrected chi connectivity index (χ2v) is 3.54. The van der Waals surface area contributed by atoms with Gasteiger partial charge in [-0.3, -0.25) is 0 Å². The summed E-state index contributed by atoms with van der Waals surface area (Å²) in [4.78, 5) is 0. The lowest BCUT2D eigenvalue weighted by Crippen LogP contribution is -1.99. The van der Waals surface area contributed by atoms with Crippen molar-refractivity contribution in [3.05, 3.63) is 41.4 Å². The summed E-state index contributed by atoms with van der Waals surface area (Å²) in [5, 5.41) is 2.52. The molecule has 1 nitrogen and oxygen atoms in total. The minimum Gasteiger partial charge on any atom is -0.490 e. The number of hydrogen-bond acceptors (Lipinski definition) is 1. The van der Waals surface area contributed by atoms with E-state index in [2.05, 4.69) is 0 Å². The third-order valence-corrected chi connectivity index (χ3v) is 2.50. The molecule has 0 atom stereocenters. The Morgan fingerprint density at radius 2 is 1.80 bits per heavy atom. The molecular formula is C12H10ClFO. The molecule has 2 aromatic carbocycles. The summed E-state index contributed by atoms with van der Waals surface area (Å²) >= 11 is 6.03. The highest BCUT2D eigenvalue weighted by Gasteiger charge is 2.04. The fourth-order valence-electron chi connectivity index (χ4n) is 1.51. The van der Waals surface area contributed by atoms with Crippen molar-refractivity contribution >= 4 is 22.4 Å². The van der Waals surface area contributed by atoms with Crippen molar-refractivity contribution in [3.63, 3.8) is 0 Å². The second-order valence-electron chi connectivity index (χ2n) is 3.13. The van der Waals surface area contributed by atoms with Crippen molar-refractivity contribution < 1.29 is 9.13 Å². The highest BCUT2D eigenvalue weighted by Crippen LogP contribution is 2.31. The van der Waals surface area contributed by atoms with Gasteiger partial charge in [0.25, 0.3) is 0 Å². The van der Waals surface area contributed by atoms with Gasteiger partial charge in [0.15, 0.2) is 0 Å². The van der Waals surface area contributed by atoms with Crippen LogP contribution in [0.3, 0.4) is 0 Å². The maximum Gasteiger partial charge on any atom is 0.127 e. The summed E-state index contributed by atoms with van der Waals surface area (Å²) in [6, 6.07) is 11.2. The summed E-state index contributed by atoms with van der Waals surface area (Å²) < 4.78 is 17.3. The van der Waals surface area contributed by atoms with Crippen molar-refractivity contribution in [3.8, 4) is 5.75 Å². The molecule has 2 rings (SSSR count). The first kappa shape index (κ1) is 10.2. The molecule has 0 amide bonds. The first-order valence-corrected chi connectivity index (χ1v) is 5.07. The number of halogens is 2. The van der Waals surface area contributed by atoms with Crippen molar-refractivity contribution in [1.29, 1.82) is 0 Å². The molecule has 78 valence electrons. The van der Waals surface area contributed by atoms with Gasteiger partial charge in [-0.2, -0.15) is 0 Å². The molecule has 0 aromatic heterocycles. The highest BCUT2D eigenvalue weighted by molar-refractivity contribution is 6.35. The van der Waals surface area contributed by atoms with Gasteiger partial charge in [-0.1, -0.05) is 35.9 Å². The van der Waals surface area contributed by atoms with Crippen LogP contribution in [-0.2, 0) is 0 Å². The van der Waals surface area contributed by atoms with Gasteiger partial charge in [0, 0.05) is 15.8 Å². The Morgan fingerprint density at radius 3 is 2.53 bits per heavy atom. The summed E-state index contributed by atoms with van der Waals surface area (Å²) in [7, 11) is 0. The third-order valence-electron chi connectivity index (χ3n) is 2.17. The van der Waals surface area contributed by atoms with E-state index in [0.717, 1.165) is 10.8 Å². The standard InChI is InChI=1S/C12H10ClFO/c13-11-5-6-12(15-8-7-14)10-4-2-1-3-9(10)11/h1-6H,7-8H2. The Labute approximate surface area is 92.4 Å². The first-order chi connectivity index (χ1) is 7.33. The van der Waals surface area contributed by atoms with E-state index in [-0.39, 0.29) is 6.61 Å². The van der Waals surface area contributed by atoms with Crippen LogP contribution >= 0.6 is 11.6 Å². The van der Waals surface area contributed by atoms with Crippen molar-refractivity contribution in [2.75, 3.05) is 13.3 Å². The predicted octanol–water partition coefficient (Wildman–Crippen LogP) is 3.84. The number of rotatable bonds is 3. The van der Waals surface area contributed by atoms with E-state index in [1.54, 1.807) is 12.1 Å². The molecule has 0 saturated carbocycles. The van der Waals surface area contributed by atoms with Crippen molar-refractivity contribution in [2.24, 2.45) is 0 Å². The lowest BCUT2D eigenvalue weighted by atomic mass is 10.1. The lowest BCUT2D eigenvalue weighted by Gasteiger charge is -2.08. The topological polar surface area (TPSA) is 9.23 Å².